The molecule has 3 aromatic rings. The second kappa shape index (κ2) is 12.4. The lowest BCUT2D eigenvalue weighted by atomic mass is 10.0. The molecule has 0 aliphatic carbocycles. The van der Waals surface area contributed by atoms with Crippen molar-refractivity contribution in [3.05, 3.63) is 106 Å². The molecule has 5 heteroatoms. The van der Waals surface area contributed by atoms with E-state index in [1.165, 1.54) is 0 Å². The Morgan fingerprint density at radius 1 is 0.912 bits per heavy atom. The highest BCUT2D eigenvalue weighted by atomic mass is 35.5. The van der Waals surface area contributed by atoms with Crippen molar-refractivity contribution in [3.8, 4) is 0 Å². The first-order chi connectivity index (χ1) is 16.4. The predicted molar refractivity (Wildman–Crippen MR) is 139 cm³/mol. The first kappa shape index (κ1) is 25.5. The Hall–Kier alpha value is -3.11. The van der Waals surface area contributed by atoms with Crippen LogP contribution in [0.4, 0.5) is 0 Å². The first-order valence-corrected chi connectivity index (χ1v) is 12.2. The molecule has 1 N–H and O–H groups in total. The molecule has 34 heavy (non-hydrogen) atoms. The molecule has 0 radical (unpaired) electrons. The molecule has 0 saturated heterocycles. The maximum absolute atomic E-state index is 13.7. The Labute approximate surface area is 207 Å². The molecule has 178 valence electrons. The highest BCUT2D eigenvalue weighted by Gasteiger charge is 2.31. The summed E-state index contributed by atoms with van der Waals surface area (Å²) in [7, 11) is 0. The van der Waals surface area contributed by atoms with E-state index in [0.29, 0.717) is 18.0 Å². The SMILES string of the molecule is CC[C@@H](C)NC(=O)[C@H](Cc1ccccc1)N(Cc1cccc(C)c1)C(=O)Cc1cccc(Cl)c1. The summed E-state index contributed by atoms with van der Waals surface area (Å²) in [4.78, 5) is 28.9. The van der Waals surface area contributed by atoms with Crippen LogP contribution in [0.3, 0.4) is 0 Å². The molecule has 0 saturated carbocycles. The van der Waals surface area contributed by atoms with Crippen LogP contribution in [0.25, 0.3) is 0 Å². The summed E-state index contributed by atoms with van der Waals surface area (Å²) in [5.41, 5.74) is 3.95. The lowest BCUT2D eigenvalue weighted by molar-refractivity contribution is -0.141. The highest BCUT2D eigenvalue weighted by molar-refractivity contribution is 6.30. The van der Waals surface area contributed by atoms with Gasteiger partial charge in [0, 0.05) is 24.0 Å². The Morgan fingerprint density at radius 3 is 2.26 bits per heavy atom. The van der Waals surface area contributed by atoms with Crippen LogP contribution in [0.15, 0.2) is 78.9 Å². The molecule has 0 bridgehead atoms. The zero-order chi connectivity index (χ0) is 24.5. The maximum atomic E-state index is 13.7. The van der Waals surface area contributed by atoms with Gasteiger partial charge in [-0.2, -0.15) is 0 Å². The van der Waals surface area contributed by atoms with Crippen molar-refractivity contribution in [2.75, 3.05) is 0 Å². The Bertz CT molecular complexity index is 1100. The van der Waals surface area contributed by atoms with Crippen molar-refractivity contribution in [1.29, 1.82) is 0 Å². The maximum Gasteiger partial charge on any atom is 0.243 e. The Morgan fingerprint density at radius 2 is 1.59 bits per heavy atom. The van der Waals surface area contributed by atoms with Crippen LogP contribution < -0.4 is 5.32 Å². The van der Waals surface area contributed by atoms with Gasteiger partial charge in [-0.25, -0.2) is 0 Å². The molecule has 0 fully saturated rings. The van der Waals surface area contributed by atoms with Crippen molar-refractivity contribution in [2.24, 2.45) is 0 Å². The molecule has 3 rings (SSSR count). The van der Waals surface area contributed by atoms with Gasteiger partial charge in [-0.15, -0.1) is 0 Å². The fourth-order valence-electron chi connectivity index (χ4n) is 3.93. The predicted octanol–water partition coefficient (Wildman–Crippen LogP) is 5.75. The van der Waals surface area contributed by atoms with Gasteiger partial charge < -0.3 is 10.2 Å². The van der Waals surface area contributed by atoms with E-state index in [4.69, 9.17) is 11.6 Å². The van der Waals surface area contributed by atoms with E-state index < -0.39 is 6.04 Å². The van der Waals surface area contributed by atoms with Gasteiger partial charge in [0.2, 0.25) is 11.8 Å². The molecule has 3 aromatic carbocycles. The Kier molecular flexibility index (Phi) is 9.29. The van der Waals surface area contributed by atoms with Crippen molar-refractivity contribution in [3.63, 3.8) is 0 Å². The van der Waals surface area contributed by atoms with Crippen LogP contribution in [-0.2, 0) is 29.0 Å². The quantitative estimate of drug-likeness (QED) is 0.405. The number of rotatable bonds is 10. The lowest BCUT2D eigenvalue weighted by Crippen LogP contribution is -2.52. The number of halogens is 1. The number of aryl methyl sites for hydroxylation is 1. The molecule has 0 aromatic heterocycles. The number of benzene rings is 3. The van der Waals surface area contributed by atoms with E-state index in [9.17, 15) is 9.59 Å². The van der Waals surface area contributed by atoms with Crippen LogP contribution >= 0.6 is 11.6 Å². The van der Waals surface area contributed by atoms with Crippen LogP contribution in [0.1, 0.15) is 42.5 Å². The van der Waals surface area contributed by atoms with Crippen LogP contribution in [0, 0.1) is 6.92 Å². The van der Waals surface area contributed by atoms with Gasteiger partial charge in [-0.3, -0.25) is 9.59 Å². The van der Waals surface area contributed by atoms with E-state index in [0.717, 1.165) is 28.7 Å². The second-order valence-electron chi connectivity index (χ2n) is 8.84. The Balaban J connectivity index is 1.97. The number of nitrogens with one attached hydrogen (secondary N) is 1. The first-order valence-electron chi connectivity index (χ1n) is 11.8. The minimum Gasteiger partial charge on any atom is -0.352 e. The molecule has 0 aliphatic rings. The third kappa shape index (κ3) is 7.46. The van der Waals surface area contributed by atoms with Crippen LogP contribution in [0.2, 0.25) is 5.02 Å². The molecule has 0 aliphatic heterocycles. The van der Waals surface area contributed by atoms with Gasteiger partial charge in [0.05, 0.1) is 6.42 Å². The monoisotopic (exact) mass is 476 g/mol. The summed E-state index contributed by atoms with van der Waals surface area (Å²) in [5, 5.41) is 3.69. The van der Waals surface area contributed by atoms with E-state index in [1.54, 1.807) is 17.0 Å². The third-order valence-corrected chi connectivity index (χ3v) is 6.19. The molecule has 0 unspecified atom stereocenters. The number of amides is 2. The van der Waals surface area contributed by atoms with Gasteiger partial charge in [-0.05, 0) is 49.1 Å². The molecule has 0 spiro atoms. The normalized spacial score (nSPS) is 12.6. The van der Waals surface area contributed by atoms with Crippen molar-refractivity contribution >= 4 is 23.4 Å². The molecule has 4 nitrogen and oxygen atoms in total. The molecule has 2 atom stereocenters. The number of nitrogens with zero attached hydrogens (tertiary/aromatic N) is 1. The van der Waals surface area contributed by atoms with Crippen LogP contribution in [0.5, 0.6) is 0 Å². The van der Waals surface area contributed by atoms with Gasteiger partial charge >= 0.3 is 0 Å². The third-order valence-electron chi connectivity index (χ3n) is 5.95. The largest absolute Gasteiger partial charge is 0.352 e. The van der Waals surface area contributed by atoms with Gasteiger partial charge in [-0.1, -0.05) is 90.8 Å². The smallest absolute Gasteiger partial charge is 0.243 e. The zero-order valence-electron chi connectivity index (χ0n) is 20.1. The average Bonchev–Trinajstić information content (AvgIpc) is 2.81. The van der Waals surface area contributed by atoms with Crippen molar-refractivity contribution in [1.82, 2.24) is 10.2 Å². The molecular formula is C29H33ClN2O2. The molecule has 2 amide bonds. The minimum atomic E-state index is -0.636. The lowest BCUT2D eigenvalue weighted by Gasteiger charge is -2.32. The standard InChI is InChI=1S/C29H33ClN2O2/c1-4-22(3)31-29(34)27(18-23-11-6-5-7-12-23)32(20-25-14-8-10-21(2)16-25)28(33)19-24-13-9-15-26(30)17-24/h5-17,22,27H,4,18-20H2,1-3H3,(H,31,34)/t22-,27+/m1/s1. The van der Waals surface area contributed by atoms with Crippen molar-refractivity contribution in [2.45, 2.75) is 58.7 Å². The van der Waals surface area contributed by atoms with Crippen LogP contribution in [-0.4, -0.2) is 28.8 Å². The van der Waals surface area contributed by atoms with Gasteiger partial charge in [0.1, 0.15) is 6.04 Å². The van der Waals surface area contributed by atoms with E-state index in [-0.39, 0.29) is 24.3 Å². The van der Waals surface area contributed by atoms with E-state index >= 15 is 0 Å². The molecular weight excluding hydrogens is 444 g/mol. The van der Waals surface area contributed by atoms with Gasteiger partial charge in [0.25, 0.3) is 0 Å². The number of hydrogen-bond acceptors (Lipinski definition) is 2. The summed E-state index contributed by atoms with van der Waals surface area (Å²) < 4.78 is 0. The fourth-order valence-corrected chi connectivity index (χ4v) is 4.14. The minimum absolute atomic E-state index is 0.0228. The number of carbonyl (C=O) groups is 2. The fraction of sp³-hybridized carbons (Fsp3) is 0.310. The summed E-state index contributed by atoms with van der Waals surface area (Å²) >= 11 is 6.16. The summed E-state index contributed by atoms with van der Waals surface area (Å²) in [6.45, 7) is 6.40. The zero-order valence-corrected chi connectivity index (χ0v) is 20.9. The second-order valence-corrected chi connectivity index (χ2v) is 9.28. The highest BCUT2D eigenvalue weighted by Crippen LogP contribution is 2.19. The average molecular weight is 477 g/mol. The number of hydrogen-bond donors (Lipinski definition) is 1. The van der Waals surface area contributed by atoms with E-state index in [1.807, 2.05) is 81.4 Å². The van der Waals surface area contributed by atoms with Gasteiger partial charge in [0.15, 0.2) is 0 Å². The molecule has 0 heterocycles. The number of carbonyl (C=O) groups excluding carboxylic acids is 2. The van der Waals surface area contributed by atoms with Crippen molar-refractivity contribution < 1.29 is 9.59 Å². The summed E-state index contributed by atoms with van der Waals surface area (Å²) in [6.07, 6.45) is 1.43. The summed E-state index contributed by atoms with van der Waals surface area (Å²) in [5.74, 6) is -0.241. The van der Waals surface area contributed by atoms with E-state index in [2.05, 4.69) is 11.4 Å². The summed E-state index contributed by atoms with van der Waals surface area (Å²) in [6, 6.07) is 24.6. The topological polar surface area (TPSA) is 49.4 Å².